The van der Waals surface area contributed by atoms with E-state index in [0.29, 0.717) is 10.5 Å². The lowest BCUT2D eigenvalue weighted by molar-refractivity contribution is -0.384. The fourth-order valence-electron chi connectivity index (χ4n) is 2.30. The van der Waals surface area contributed by atoms with Gasteiger partial charge in [0, 0.05) is 18.0 Å². The fraction of sp³-hybridized carbons (Fsp3) is 0.188. The number of nitro groups is 1. The van der Waals surface area contributed by atoms with E-state index < -0.39 is 4.92 Å². The number of furan rings is 1. The number of thiazole rings is 1. The summed E-state index contributed by atoms with van der Waals surface area (Å²) in [4.78, 5) is 16.0. The predicted molar refractivity (Wildman–Crippen MR) is 88.6 cm³/mol. The maximum Gasteiger partial charge on any atom is 0.294 e. The summed E-state index contributed by atoms with van der Waals surface area (Å²) in [5, 5.41) is 13.1. The molecule has 7 heteroatoms. The molecule has 118 valence electrons. The normalized spacial score (nSPS) is 11.8. The second-order valence-electron chi connectivity index (χ2n) is 4.89. The zero-order chi connectivity index (χ0) is 16.2. The van der Waals surface area contributed by atoms with Gasteiger partial charge in [-0.2, -0.15) is 0 Å². The Morgan fingerprint density at radius 2 is 2.13 bits per heavy atom. The zero-order valence-electron chi connectivity index (χ0n) is 12.5. The molecule has 0 atom stereocenters. The van der Waals surface area contributed by atoms with Crippen LogP contribution in [-0.4, -0.2) is 9.49 Å². The monoisotopic (exact) mass is 329 g/mol. The van der Waals surface area contributed by atoms with Gasteiger partial charge in [0.2, 0.25) is 0 Å². The predicted octanol–water partition coefficient (Wildman–Crippen LogP) is 4.36. The lowest BCUT2D eigenvalue weighted by atomic mass is 10.3. The summed E-state index contributed by atoms with van der Waals surface area (Å²) in [6, 6.07) is 10.2. The Morgan fingerprint density at radius 3 is 2.83 bits per heavy atom. The maximum absolute atomic E-state index is 11.1. The largest absolute Gasteiger partial charge is 0.463 e. The number of benzene rings is 1. The smallest absolute Gasteiger partial charge is 0.294 e. The van der Waals surface area contributed by atoms with E-state index in [1.54, 1.807) is 24.5 Å². The number of aromatic nitrogens is 1. The van der Waals surface area contributed by atoms with E-state index in [1.165, 1.54) is 17.4 Å². The summed E-state index contributed by atoms with van der Waals surface area (Å²) in [5.41, 5.74) is 1.29. The molecule has 3 aromatic rings. The van der Waals surface area contributed by atoms with Crippen molar-refractivity contribution in [1.29, 1.82) is 0 Å². The highest BCUT2D eigenvalue weighted by molar-refractivity contribution is 7.07. The second-order valence-corrected chi connectivity index (χ2v) is 5.73. The molecule has 0 bridgehead atoms. The Balaban J connectivity index is 2.15. The number of hydrogen-bond donors (Lipinski definition) is 0. The van der Waals surface area contributed by atoms with Crippen LogP contribution in [0, 0.1) is 10.1 Å². The molecule has 0 aliphatic rings. The van der Waals surface area contributed by atoms with Crippen LogP contribution >= 0.6 is 11.3 Å². The molecule has 2 aromatic heterocycles. The van der Waals surface area contributed by atoms with Crippen molar-refractivity contribution in [2.75, 3.05) is 0 Å². The van der Waals surface area contributed by atoms with E-state index in [-0.39, 0.29) is 5.69 Å². The van der Waals surface area contributed by atoms with Gasteiger partial charge in [0.15, 0.2) is 10.6 Å². The number of nitrogens with zero attached hydrogens (tertiary/aromatic N) is 3. The fourth-order valence-corrected chi connectivity index (χ4v) is 3.23. The molecule has 0 aliphatic carbocycles. The van der Waals surface area contributed by atoms with Gasteiger partial charge in [-0.25, -0.2) is 4.99 Å². The minimum Gasteiger partial charge on any atom is -0.463 e. The Bertz CT molecular complexity index is 878. The van der Waals surface area contributed by atoms with Gasteiger partial charge in [0.05, 0.1) is 16.9 Å². The molecule has 0 radical (unpaired) electrons. The van der Waals surface area contributed by atoms with E-state index in [0.717, 1.165) is 24.4 Å². The van der Waals surface area contributed by atoms with Gasteiger partial charge in [-0.1, -0.05) is 19.1 Å². The average molecular weight is 329 g/mol. The summed E-state index contributed by atoms with van der Waals surface area (Å²) in [5.74, 6) is 0.763. The molecular formula is C16H15N3O3S. The van der Waals surface area contributed by atoms with Crippen LogP contribution in [0.5, 0.6) is 0 Å². The Hall–Kier alpha value is -2.67. The van der Waals surface area contributed by atoms with Crippen LogP contribution in [-0.2, 0) is 6.54 Å². The summed E-state index contributed by atoms with van der Waals surface area (Å²) in [6.45, 7) is 2.84. The molecule has 0 saturated carbocycles. The summed E-state index contributed by atoms with van der Waals surface area (Å²) in [7, 11) is 0. The molecule has 0 unspecified atom stereocenters. The SMILES string of the molecule is CCCn1c(-c2ccco2)csc1=Nc1ccccc1[N+](=O)[O-]. The van der Waals surface area contributed by atoms with Crippen molar-refractivity contribution in [2.24, 2.45) is 4.99 Å². The number of rotatable bonds is 5. The molecule has 0 amide bonds. The van der Waals surface area contributed by atoms with E-state index in [1.807, 2.05) is 22.1 Å². The van der Waals surface area contributed by atoms with Crippen molar-refractivity contribution in [2.45, 2.75) is 19.9 Å². The topological polar surface area (TPSA) is 73.6 Å². The Labute approximate surface area is 136 Å². The van der Waals surface area contributed by atoms with Gasteiger partial charge in [-0.3, -0.25) is 10.1 Å². The van der Waals surface area contributed by atoms with Crippen LogP contribution in [0.2, 0.25) is 0 Å². The van der Waals surface area contributed by atoms with Crippen LogP contribution in [0.4, 0.5) is 11.4 Å². The van der Waals surface area contributed by atoms with Crippen molar-refractivity contribution >= 4 is 22.7 Å². The standard InChI is InChI=1S/C16H15N3O3S/c1-2-9-18-14(15-8-5-10-22-15)11-23-16(18)17-12-6-3-4-7-13(12)19(20)21/h3-8,10-11H,2,9H2,1H3. The minimum atomic E-state index is -0.413. The third kappa shape index (κ3) is 3.09. The number of nitro benzene ring substituents is 1. The molecule has 0 aliphatic heterocycles. The average Bonchev–Trinajstić information content (AvgIpc) is 3.18. The molecule has 0 saturated heterocycles. The first-order chi connectivity index (χ1) is 11.2. The van der Waals surface area contributed by atoms with Gasteiger partial charge < -0.3 is 8.98 Å². The Morgan fingerprint density at radius 1 is 1.30 bits per heavy atom. The molecule has 1 aromatic carbocycles. The molecular weight excluding hydrogens is 314 g/mol. The third-order valence-corrected chi connectivity index (χ3v) is 4.18. The van der Waals surface area contributed by atoms with E-state index >= 15 is 0 Å². The summed E-state index contributed by atoms with van der Waals surface area (Å²) >= 11 is 1.44. The Kier molecular flexibility index (Phi) is 4.38. The van der Waals surface area contributed by atoms with Gasteiger partial charge in [0.1, 0.15) is 5.69 Å². The molecule has 2 heterocycles. The van der Waals surface area contributed by atoms with Crippen molar-refractivity contribution < 1.29 is 9.34 Å². The van der Waals surface area contributed by atoms with Gasteiger partial charge in [-0.15, -0.1) is 11.3 Å². The van der Waals surface area contributed by atoms with Crippen LogP contribution in [0.25, 0.3) is 11.5 Å². The first-order valence-electron chi connectivity index (χ1n) is 7.21. The minimum absolute atomic E-state index is 0.00324. The molecule has 0 spiro atoms. The van der Waals surface area contributed by atoms with Crippen molar-refractivity contribution in [1.82, 2.24) is 4.57 Å². The van der Waals surface area contributed by atoms with Gasteiger partial charge in [0.25, 0.3) is 5.69 Å². The quantitative estimate of drug-likeness (QED) is 0.515. The number of para-hydroxylation sites is 2. The van der Waals surface area contributed by atoms with Crippen molar-refractivity contribution in [3.8, 4) is 11.5 Å². The second kappa shape index (κ2) is 6.62. The highest BCUT2D eigenvalue weighted by atomic mass is 32.1. The summed E-state index contributed by atoms with van der Waals surface area (Å²) in [6.07, 6.45) is 2.55. The first-order valence-corrected chi connectivity index (χ1v) is 8.09. The maximum atomic E-state index is 11.1. The summed E-state index contributed by atoms with van der Waals surface area (Å²) < 4.78 is 7.50. The van der Waals surface area contributed by atoms with Crippen LogP contribution in [0.1, 0.15) is 13.3 Å². The van der Waals surface area contributed by atoms with Crippen molar-refractivity contribution in [3.05, 3.63) is 63.0 Å². The van der Waals surface area contributed by atoms with Gasteiger partial charge in [-0.05, 0) is 24.6 Å². The molecule has 23 heavy (non-hydrogen) atoms. The molecule has 6 nitrogen and oxygen atoms in total. The van der Waals surface area contributed by atoms with E-state index in [9.17, 15) is 10.1 Å². The van der Waals surface area contributed by atoms with Crippen LogP contribution in [0.3, 0.4) is 0 Å². The van der Waals surface area contributed by atoms with Crippen LogP contribution < -0.4 is 4.80 Å². The molecule has 0 N–H and O–H groups in total. The van der Waals surface area contributed by atoms with Gasteiger partial charge >= 0.3 is 0 Å². The lowest BCUT2D eigenvalue weighted by Crippen LogP contribution is -2.15. The highest BCUT2D eigenvalue weighted by Crippen LogP contribution is 2.27. The third-order valence-electron chi connectivity index (χ3n) is 3.31. The highest BCUT2D eigenvalue weighted by Gasteiger charge is 2.14. The van der Waals surface area contributed by atoms with Crippen molar-refractivity contribution in [3.63, 3.8) is 0 Å². The molecule has 3 rings (SSSR count). The van der Waals surface area contributed by atoms with Crippen LogP contribution in [0.15, 0.2) is 57.5 Å². The number of hydrogen-bond acceptors (Lipinski definition) is 5. The van der Waals surface area contributed by atoms with E-state index in [2.05, 4.69) is 11.9 Å². The van der Waals surface area contributed by atoms with E-state index in [4.69, 9.17) is 4.42 Å². The zero-order valence-corrected chi connectivity index (χ0v) is 13.3. The first kappa shape index (κ1) is 15.2. The molecule has 0 fully saturated rings. The lowest BCUT2D eigenvalue weighted by Gasteiger charge is -2.05.